The van der Waals surface area contributed by atoms with Crippen molar-refractivity contribution in [3.8, 4) is 0 Å². The monoisotopic (exact) mass is 394 g/mol. The Morgan fingerprint density at radius 2 is 2.07 bits per heavy atom. The third kappa shape index (κ3) is 4.53. The number of aromatic nitrogens is 2. The van der Waals surface area contributed by atoms with E-state index in [1.54, 1.807) is 0 Å². The summed E-state index contributed by atoms with van der Waals surface area (Å²) < 4.78 is 0. The number of nitrogens with one attached hydrogen (secondary N) is 1. The maximum absolute atomic E-state index is 4.89. The summed E-state index contributed by atoms with van der Waals surface area (Å²) in [6.07, 6.45) is 4.65. The first-order valence-electron chi connectivity index (χ1n) is 10.4. The fourth-order valence-corrected chi connectivity index (χ4v) is 5.01. The third-order valence-electron chi connectivity index (χ3n) is 5.65. The van der Waals surface area contributed by atoms with Gasteiger partial charge < -0.3 is 10.2 Å². The molecule has 4 rings (SSSR count). The molecule has 0 aliphatic carbocycles. The number of rotatable bonds is 5. The molecule has 0 spiro atoms. The average molecular weight is 395 g/mol. The normalized spacial score (nSPS) is 19.0. The van der Waals surface area contributed by atoms with Crippen LogP contribution in [0.1, 0.15) is 42.3 Å². The van der Waals surface area contributed by atoms with Crippen LogP contribution in [0.4, 0.5) is 5.95 Å². The van der Waals surface area contributed by atoms with Gasteiger partial charge in [0.05, 0.1) is 11.2 Å². The molecule has 0 bridgehead atoms. The van der Waals surface area contributed by atoms with Crippen LogP contribution >= 0.6 is 11.3 Å². The molecular formula is C23H30N4S. The van der Waals surface area contributed by atoms with Gasteiger partial charge in [-0.3, -0.25) is 0 Å². The molecule has 2 aromatic heterocycles. The molecule has 1 N–H and O–H groups in total. The number of thiophene rings is 1. The molecule has 28 heavy (non-hydrogen) atoms. The van der Waals surface area contributed by atoms with E-state index in [0.717, 1.165) is 48.5 Å². The van der Waals surface area contributed by atoms with E-state index in [9.17, 15) is 0 Å². The van der Waals surface area contributed by atoms with E-state index in [0.29, 0.717) is 12.1 Å². The summed E-state index contributed by atoms with van der Waals surface area (Å²) in [5, 5.41) is 7.18. The lowest BCUT2D eigenvalue weighted by Gasteiger charge is -2.23. The van der Waals surface area contributed by atoms with Gasteiger partial charge in [0.2, 0.25) is 5.95 Å². The van der Waals surface area contributed by atoms with E-state index in [1.807, 2.05) is 11.3 Å². The third-order valence-corrected chi connectivity index (χ3v) is 6.55. The van der Waals surface area contributed by atoms with E-state index < -0.39 is 0 Å². The highest BCUT2D eigenvalue weighted by molar-refractivity contribution is 7.09. The smallest absolute Gasteiger partial charge is 0.226 e. The molecule has 3 aromatic rings. The lowest BCUT2D eigenvalue weighted by Crippen LogP contribution is -2.38. The molecule has 1 saturated heterocycles. The summed E-state index contributed by atoms with van der Waals surface area (Å²) in [5.41, 5.74) is 3.38. The Kier molecular flexibility index (Phi) is 5.93. The van der Waals surface area contributed by atoms with E-state index in [2.05, 4.69) is 66.7 Å². The van der Waals surface area contributed by atoms with Crippen molar-refractivity contribution >= 4 is 28.2 Å². The summed E-state index contributed by atoms with van der Waals surface area (Å²) in [6.45, 7) is 8.57. The number of hydrogen-bond donors (Lipinski definition) is 1. The number of anilines is 1. The Morgan fingerprint density at radius 1 is 1.18 bits per heavy atom. The van der Waals surface area contributed by atoms with E-state index in [1.165, 1.54) is 23.3 Å². The van der Waals surface area contributed by atoms with E-state index in [-0.39, 0.29) is 0 Å². The lowest BCUT2D eigenvalue weighted by molar-refractivity contribution is 0.414. The zero-order valence-electron chi connectivity index (χ0n) is 17.1. The number of benzene rings is 1. The molecule has 148 valence electrons. The van der Waals surface area contributed by atoms with Gasteiger partial charge in [0.25, 0.3) is 0 Å². The highest BCUT2D eigenvalue weighted by Crippen LogP contribution is 2.23. The van der Waals surface area contributed by atoms with Gasteiger partial charge >= 0.3 is 0 Å². The van der Waals surface area contributed by atoms with Gasteiger partial charge in [0.1, 0.15) is 0 Å². The first-order chi connectivity index (χ1) is 13.6. The van der Waals surface area contributed by atoms with Crippen LogP contribution in [0.5, 0.6) is 0 Å². The van der Waals surface area contributed by atoms with Crippen LogP contribution in [0, 0.1) is 13.8 Å². The highest BCUT2D eigenvalue weighted by Gasteiger charge is 2.21. The van der Waals surface area contributed by atoms with Crippen molar-refractivity contribution < 1.29 is 0 Å². The molecule has 0 radical (unpaired) electrons. The molecule has 2 unspecified atom stereocenters. The summed E-state index contributed by atoms with van der Waals surface area (Å²) in [4.78, 5) is 13.6. The topological polar surface area (TPSA) is 41.1 Å². The van der Waals surface area contributed by atoms with Gasteiger partial charge in [0, 0.05) is 35.4 Å². The molecule has 2 atom stereocenters. The van der Waals surface area contributed by atoms with Gasteiger partial charge in [-0.1, -0.05) is 18.2 Å². The fourth-order valence-electron chi connectivity index (χ4n) is 4.18. The summed E-state index contributed by atoms with van der Waals surface area (Å²) in [5.74, 6) is 0.892. The van der Waals surface area contributed by atoms with Gasteiger partial charge in [-0.15, -0.1) is 11.3 Å². The van der Waals surface area contributed by atoms with Gasteiger partial charge in [-0.2, -0.15) is 0 Å². The lowest BCUT2D eigenvalue weighted by atomic mass is 10.1. The SMILES string of the molecule is Cc1ccc2c(C)nc(N3CCCC(NC(C)Cc4cccs4)CC3)nc2c1. The van der Waals surface area contributed by atoms with Crippen LogP contribution in [-0.2, 0) is 6.42 Å². The first-order valence-corrected chi connectivity index (χ1v) is 11.2. The van der Waals surface area contributed by atoms with Crippen molar-refractivity contribution in [1.82, 2.24) is 15.3 Å². The molecule has 4 nitrogen and oxygen atoms in total. The maximum atomic E-state index is 4.89. The van der Waals surface area contributed by atoms with Crippen LogP contribution in [-0.4, -0.2) is 35.1 Å². The largest absolute Gasteiger partial charge is 0.341 e. The molecule has 1 fully saturated rings. The number of hydrogen-bond acceptors (Lipinski definition) is 5. The zero-order chi connectivity index (χ0) is 19.5. The minimum absolute atomic E-state index is 0.511. The zero-order valence-corrected chi connectivity index (χ0v) is 17.9. The number of nitrogens with zero attached hydrogens (tertiary/aromatic N) is 3. The quantitative estimate of drug-likeness (QED) is 0.669. The van der Waals surface area contributed by atoms with Crippen LogP contribution in [0.25, 0.3) is 10.9 Å². The summed E-state index contributed by atoms with van der Waals surface area (Å²) in [7, 11) is 0. The predicted molar refractivity (Wildman–Crippen MR) is 119 cm³/mol. The van der Waals surface area contributed by atoms with Gasteiger partial charge in [-0.05, 0) is 69.5 Å². The second-order valence-electron chi connectivity index (χ2n) is 8.10. The molecule has 5 heteroatoms. The fraction of sp³-hybridized carbons (Fsp3) is 0.478. The first kappa shape index (κ1) is 19.3. The Morgan fingerprint density at radius 3 is 2.89 bits per heavy atom. The van der Waals surface area contributed by atoms with Crippen LogP contribution in [0.15, 0.2) is 35.7 Å². The molecule has 0 saturated carbocycles. The second kappa shape index (κ2) is 8.58. The van der Waals surface area contributed by atoms with Crippen molar-refractivity contribution in [2.75, 3.05) is 18.0 Å². The van der Waals surface area contributed by atoms with Crippen molar-refractivity contribution in [3.63, 3.8) is 0 Å². The Bertz CT molecular complexity index is 922. The van der Waals surface area contributed by atoms with Crippen molar-refractivity contribution in [3.05, 3.63) is 51.8 Å². The van der Waals surface area contributed by atoms with Crippen LogP contribution < -0.4 is 10.2 Å². The van der Waals surface area contributed by atoms with Gasteiger partial charge in [0.15, 0.2) is 0 Å². The Balaban J connectivity index is 1.41. The standard InChI is InChI=1S/C23H30N4S/c1-16-8-9-21-18(3)25-23(26-22(21)14-16)27-11-4-6-19(10-12-27)24-17(2)15-20-7-5-13-28-20/h5,7-9,13-14,17,19,24H,4,6,10-12,15H2,1-3H3. The second-order valence-corrected chi connectivity index (χ2v) is 9.13. The average Bonchev–Trinajstić information content (AvgIpc) is 3.05. The molecule has 1 aromatic carbocycles. The van der Waals surface area contributed by atoms with Crippen molar-refractivity contribution in [2.45, 2.75) is 58.5 Å². The van der Waals surface area contributed by atoms with E-state index in [4.69, 9.17) is 9.97 Å². The highest BCUT2D eigenvalue weighted by atomic mass is 32.1. The maximum Gasteiger partial charge on any atom is 0.226 e. The van der Waals surface area contributed by atoms with E-state index >= 15 is 0 Å². The summed E-state index contributed by atoms with van der Waals surface area (Å²) >= 11 is 1.85. The van der Waals surface area contributed by atoms with Gasteiger partial charge in [-0.25, -0.2) is 9.97 Å². The van der Waals surface area contributed by atoms with Crippen LogP contribution in [0.2, 0.25) is 0 Å². The number of fused-ring (bicyclic) bond motifs is 1. The molecule has 1 aliphatic rings. The van der Waals surface area contributed by atoms with Crippen molar-refractivity contribution in [1.29, 1.82) is 0 Å². The minimum atomic E-state index is 0.511. The molecule has 3 heterocycles. The molecule has 0 amide bonds. The molecular weight excluding hydrogens is 364 g/mol. The Hall–Kier alpha value is -1.98. The van der Waals surface area contributed by atoms with Crippen LogP contribution in [0.3, 0.4) is 0 Å². The molecule has 1 aliphatic heterocycles. The predicted octanol–water partition coefficient (Wildman–Crippen LogP) is 4.89. The minimum Gasteiger partial charge on any atom is -0.341 e. The summed E-state index contributed by atoms with van der Waals surface area (Å²) in [6, 6.07) is 11.9. The Labute approximate surface area is 172 Å². The number of aryl methyl sites for hydroxylation is 2. The van der Waals surface area contributed by atoms with Crippen molar-refractivity contribution in [2.24, 2.45) is 0 Å².